The van der Waals surface area contributed by atoms with E-state index in [4.69, 9.17) is 33.0 Å². The molecule has 9 heteroatoms. The van der Waals surface area contributed by atoms with Crippen LogP contribution in [0.3, 0.4) is 0 Å². The molecule has 154 valence electrons. The van der Waals surface area contributed by atoms with Gasteiger partial charge in [0.05, 0.1) is 10.0 Å². The average Bonchev–Trinajstić information content (AvgIpc) is 2.68. The summed E-state index contributed by atoms with van der Waals surface area (Å²) >= 11 is 12.4. The van der Waals surface area contributed by atoms with E-state index in [1.54, 1.807) is 12.1 Å². The van der Waals surface area contributed by atoms with Gasteiger partial charge in [-0.1, -0.05) is 35.3 Å². The highest BCUT2D eigenvalue weighted by atomic mass is 35.5. The van der Waals surface area contributed by atoms with Gasteiger partial charge in [-0.15, -0.1) is 0 Å². The van der Waals surface area contributed by atoms with E-state index in [1.807, 2.05) is 0 Å². The monoisotopic (exact) mass is 449 g/mol. The first-order valence-corrected chi connectivity index (χ1v) is 9.26. The Hall–Kier alpha value is -3.29. The lowest BCUT2D eigenvalue weighted by atomic mass is 10.0. The maximum atomic E-state index is 13.1. The molecule has 0 bridgehead atoms. The number of phenols is 1. The fraction of sp³-hybridized carbons (Fsp3) is 0.0476. The molecule has 30 heavy (non-hydrogen) atoms. The zero-order valence-electron chi connectivity index (χ0n) is 15.2. The molecule has 6 nitrogen and oxygen atoms in total. The molecule has 0 saturated heterocycles. The molecule has 0 fully saturated rings. The Morgan fingerprint density at radius 1 is 1.00 bits per heavy atom. The lowest BCUT2D eigenvalue weighted by molar-refractivity contribution is -0.147. The predicted octanol–water partition coefficient (Wildman–Crippen LogP) is 5.24. The highest BCUT2D eigenvalue weighted by Crippen LogP contribution is 2.40. The van der Waals surface area contributed by atoms with E-state index >= 15 is 0 Å². The van der Waals surface area contributed by atoms with E-state index in [0.29, 0.717) is 17.7 Å². The number of carbonyl (C=O) groups is 2. The highest BCUT2D eigenvalue weighted by Gasteiger charge is 2.17. The number of hydrogen-bond acceptors (Lipinski definition) is 4. The van der Waals surface area contributed by atoms with Crippen molar-refractivity contribution >= 4 is 40.8 Å². The van der Waals surface area contributed by atoms with Crippen molar-refractivity contribution in [3.8, 4) is 17.2 Å². The van der Waals surface area contributed by atoms with Gasteiger partial charge in [-0.05, 0) is 48.0 Å². The molecule has 0 aromatic heterocycles. The molecular weight excluding hydrogens is 436 g/mol. The highest BCUT2D eigenvalue weighted by molar-refractivity contribution is 6.39. The number of anilines is 1. The van der Waals surface area contributed by atoms with Gasteiger partial charge in [0.2, 0.25) is 0 Å². The number of carboxylic acids is 1. The summed E-state index contributed by atoms with van der Waals surface area (Å²) in [5, 5.41) is 20.7. The van der Waals surface area contributed by atoms with E-state index < -0.39 is 11.9 Å². The molecule has 0 aliphatic rings. The van der Waals surface area contributed by atoms with Crippen LogP contribution in [0.1, 0.15) is 11.1 Å². The lowest BCUT2D eigenvalue weighted by Gasteiger charge is -2.15. The topological polar surface area (TPSA) is 95.9 Å². The molecule has 3 rings (SSSR count). The fourth-order valence-electron chi connectivity index (χ4n) is 2.65. The fourth-order valence-corrected chi connectivity index (χ4v) is 3.21. The lowest BCUT2D eigenvalue weighted by Crippen LogP contribution is -2.21. The molecule has 1 amide bonds. The first-order chi connectivity index (χ1) is 14.2. The number of nitrogens with one attached hydrogen (secondary N) is 1. The van der Waals surface area contributed by atoms with Crippen molar-refractivity contribution in [1.82, 2.24) is 0 Å². The van der Waals surface area contributed by atoms with E-state index in [2.05, 4.69) is 5.32 Å². The van der Waals surface area contributed by atoms with Crippen LogP contribution in [0.25, 0.3) is 0 Å². The number of benzene rings is 3. The minimum absolute atomic E-state index is 0.0170. The molecule has 0 heterocycles. The minimum atomic E-state index is -1.66. The van der Waals surface area contributed by atoms with E-state index in [9.17, 15) is 19.1 Å². The number of amides is 1. The van der Waals surface area contributed by atoms with Crippen molar-refractivity contribution in [2.24, 2.45) is 0 Å². The van der Waals surface area contributed by atoms with Gasteiger partial charge in [0, 0.05) is 17.7 Å². The molecule has 3 N–H and O–H groups in total. The van der Waals surface area contributed by atoms with Crippen LogP contribution >= 0.6 is 23.2 Å². The zero-order chi connectivity index (χ0) is 21.8. The Kier molecular flexibility index (Phi) is 6.44. The van der Waals surface area contributed by atoms with Crippen LogP contribution in [0.5, 0.6) is 17.2 Å². The van der Waals surface area contributed by atoms with Crippen LogP contribution in [0, 0.1) is 5.82 Å². The SMILES string of the molecule is O=C(O)C(=O)Nc1cc(Cl)c(Oc2ccc(O)cc2Cc2ccc(F)cc2)c(Cl)c1. The predicted molar refractivity (Wildman–Crippen MR) is 110 cm³/mol. The largest absolute Gasteiger partial charge is 0.508 e. The summed E-state index contributed by atoms with van der Waals surface area (Å²) < 4.78 is 19.0. The minimum Gasteiger partial charge on any atom is -0.508 e. The van der Waals surface area contributed by atoms with Crippen molar-refractivity contribution in [2.45, 2.75) is 6.42 Å². The van der Waals surface area contributed by atoms with Gasteiger partial charge in [0.1, 0.15) is 17.3 Å². The van der Waals surface area contributed by atoms with Crippen LogP contribution in [-0.4, -0.2) is 22.1 Å². The van der Waals surface area contributed by atoms with Crippen molar-refractivity contribution in [3.63, 3.8) is 0 Å². The quantitative estimate of drug-likeness (QED) is 0.462. The molecule has 0 saturated carbocycles. The number of aromatic hydroxyl groups is 1. The van der Waals surface area contributed by atoms with Gasteiger partial charge >= 0.3 is 11.9 Å². The molecule has 0 atom stereocenters. The summed E-state index contributed by atoms with van der Waals surface area (Å²) in [6.45, 7) is 0. The molecule has 3 aromatic carbocycles. The van der Waals surface area contributed by atoms with Crippen molar-refractivity contribution in [2.75, 3.05) is 5.32 Å². The average molecular weight is 450 g/mol. The maximum absolute atomic E-state index is 13.1. The van der Waals surface area contributed by atoms with E-state index in [0.717, 1.165) is 5.56 Å². The van der Waals surface area contributed by atoms with Crippen LogP contribution < -0.4 is 10.1 Å². The Morgan fingerprint density at radius 2 is 1.63 bits per heavy atom. The van der Waals surface area contributed by atoms with Gasteiger partial charge in [0.25, 0.3) is 0 Å². The van der Waals surface area contributed by atoms with Gasteiger partial charge in [-0.25, -0.2) is 9.18 Å². The second-order valence-electron chi connectivity index (χ2n) is 6.23. The Morgan fingerprint density at radius 3 is 2.23 bits per heavy atom. The summed E-state index contributed by atoms with van der Waals surface area (Å²) in [7, 11) is 0. The molecule has 0 spiro atoms. The number of carboxylic acid groups (broad SMARTS) is 1. The van der Waals surface area contributed by atoms with Crippen LogP contribution in [-0.2, 0) is 16.0 Å². The number of hydrogen-bond donors (Lipinski definition) is 3. The molecule has 0 aliphatic heterocycles. The molecule has 0 aliphatic carbocycles. The number of ether oxygens (including phenoxy) is 1. The van der Waals surface area contributed by atoms with Crippen LogP contribution in [0.15, 0.2) is 54.6 Å². The first-order valence-electron chi connectivity index (χ1n) is 8.50. The third-order valence-electron chi connectivity index (χ3n) is 4.01. The standard InChI is InChI=1S/C21H14Cl2FNO5/c22-16-9-14(25-20(27)21(28)29)10-17(23)19(16)30-18-6-5-15(26)8-12(18)7-11-1-3-13(24)4-2-11/h1-6,8-10,26H,7H2,(H,25,27)(H,28,29). The van der Waals surface area contributed by atoms with E-state index in [1.165, 1.54) is 42.5 Å². The van der Waals surface area contributed by atoms with Gasteiger partial charge < -0.3 is 20.3 Å². The molecule has 0 radical (unpaired) electrons. The number of carbonyl (C=O) groups excluding carboxylic acids is 1. The third kappa shape index (κ3) is 5.20. The van der Waals surface area contributed by atoms with Crippen LogP contribution in [0.4, 0.5) is 10.1 Å². The summed E-state index contributed by atoms with van der Waals surface area (Å²) in [5.74, 6) is -2.81. The number of phenolic OH excluding ortho intramolecular Hbond substituents is 1. The molecule has 3 aromatic rings. The van der Waals surface area contributed by atoms with Crippen molar-refractivity contribution in [1.29, 1.82) is 0 Å². The maximum Gasteiger partial charge on any atom is 0.394 e. The zero-order valence-corrected chi connectivity index (χ0v) is 16.7. The second kappa shape index (κ2) is 9.02. The number of rotatable bonds is 5. The molecular formula is C21H14Cl2FNO5. The second-order valence-corrected chi connectivity index (χ2v) is 7.04. The van der Waals surface area contributed by atoms with E-state index in [-0.39, 0.29) is 33.0 Å². The van der Waals surface area contributed by atoms with Gasteiger partial charge in [-0.3, -0.25) is 4.79 Å². The Labute approximate surface area is 180 Å². The normalized spacial score (nSPS) is 10.5. The summed E-state index contributed by atoms with van der Waals surface area (Å²) in [6.07, 6.45) is 0.339. The summed E-state index contributed by atoms with van der Waals surface area (Å²) in [6, 6.07) is 12.9. The van der Waals surface area contributed by atoms with Crippen LogP contribution in [0.2, 0.25) is 10.0 Å². The smallest absolute Gasteiger partial charge is 0.394 e. The van der Waals surface area contributed by atoms with Crippen molar-refractivity contribution in [3.05, 3.63) is 81.6 Å². The molecule has 0 unspecified atom stereocenters. The third-order valence-corrected chi connectivity index (χ3v) is 4.58. The van der Waals surface area contributed by atoms with Gasteiger partial charge in [0.15, 0.2) is 5.75 Å². The summed E-state index contributed by atoms with van der Waals surface area (Å²) in [5.41, 5.74) is 1.47. The Bertz CT molecular complexity index is 1100. The van der Waals surface area contributed by atoms with Crippen molar-refractivity contribution < 1.29 is 28.9 Å². The first kappa shape index (κ1) is 21.4. The number of aliphatic carboxylic acids is 1. The summed E-state index contributed by atoms with van der Waals surface area (Å²) in [4.78, 5) is 22.0. The van der Waals surface area contributed by atoms with Gasteiger partial charge in [-0.2, -0.15) is 0 Å². The Balaban J connectivity index is 1.89. The number of halogens is 3.